The molecule has 0 amide bonds. The molecule has 0 aliphatic heterocycles. The third-order valence-electron chi connectivity index (χ3n) is 4.77. The van der Waals surface area contributed by atoms with E-state index in [4.69, 9.17) is 9.47 Å². The van der Waals surface area contributed by atoms with Gasteiger partial charge in [0, 0.05) is 40.0 Å². The summed E-state index contributed by atoms with van der Waals surface area (Å²) in [4.78, 5) is 4.66. The van der Waals surface area contributed by atoms with E-state index in [9.17, 15) is 0 Å². The summed E-state index contributed by atoms with van der Waals surface area (Å²) < 4.78 is 13.3. The average molecular weight is 544 g/mol. The first kappa shape index (κ1) is 27.3. The molecule has 1 aromatic carbocycles. The second-order valence-electron chi connectivity index (χ2n) is 7.07. The highest BCUT2D eigenvalue weighted by Crippen LogP contribution is 2.15. The normalized spacial score (nSPS) is 12.3. The Morgan fingerprint density at radius 2 is 1.77 bits per heavy atom. The van der Waals surface area contributed by atoms with Crippen LogP contribution < -0.4 is 10.6 Å². The summed E-state index contributed by atoms with van der Waals surface area (Å²) in [6.07, 6.45) is 1.91. The molecule has 0 bridgehead atoms. The molecular weight excluding hydrogens is 507 g/mol. The van der Waals surface area contributed by atoms with Crippen molar-refractivity contribution in [3.8, 4) is 0 Å². The molecule has 0 aliphatic carbocycles. The summed E-state index contributed by atoms with van der Waals surface area (Å²) >= 11 is 0. The average Bonchev–Trinajstić information content (AvgIpc) is 3.09. The van der Waals surface area contributed by atoms with Crippen LogP contribution in [0.15, 0.2) is 35.3 Å². The number of nitrogens with one attached hydrogen (secondary N) is 2. The van der Waals surface area contributed by atoms with Gasteiger partial charge in [0.05, 0.1) is 6.10 Å². The lowest BCUT2D eigenvalue weighted by molar-refractivity contribution is 0.0646. The van der Waals surface area contributed by atoms with Gasteiger partial charge >= 0.3 is 0 Å². The highest BCUT2D eigenvalue weighted by atomic mass is 127. The Kier molecular flexibility index (Phi) is 14.1. The van der Waals surface area contributed by atoms with Gasteiger partial charge in [0.15, 0.2) is 11.8 Å². The Labute approximate surface area is 203 Å². The molecule has 0 radical (unpaired) electrons. The Morgan fingerprint density at radius 3 is 2.39 bits per heavy atom. The van der Waals surface area contributed by atoms with Crippen molar-refractivity contribution in [3.63, 3.8) is 0 Å². The molecule has 0 saturated carbocycles. The lowest BCUT2D eigenvalue weighted by atomic mass is 10.1. The van der Waals surface area contributed by atoms with Gasteiger partial charge in [-0.05, 0) is 39.2 Å². The molecule has 8 nitrogen and oxygen atoms in total. The minimum atomic E-state index is 0. The van der Waals surface area contributed by atoms with Crippen molar-refractivity contribution in [1.82, 2.24) is 25.4 Å². The molecule has 174 valence electrons. The van der Waals surface area contributed by atoms with E-state index in [0.29, 0.717) is 13.2 Å². The summed E-state index contributed by atoms with van der Waals surface area (Å²) in [7, 11) is 1.95. The number of aromatic nitrogens is 3. The van der Waals surface area contributed by atoms with E-state index in [1.807, 2.05) is 43.7 Å². The Hall–Kier alpha value is -1.72. The molecule has 31 heavy (non-hydrogen) atoms. The molecule has 9 heteroatoms. The van der Waals surface area contributed by atoms with Gasteiger partial charge < -0.3 is 24.7 Å². The summed E-state index contributed by atoms with van der Waals surface area (Å²) in [5, 5.41) is 15.0. The van der Waals surface area contributed by atoms with Crippen LogP contribution >= 0.6 is 24.0 Å². The van der Waals surface area contributed by atoms with E-state index in [2.05, 4.69) is 44.9 Å². The predicted molar refractivity (Wildman–Crippen MR) is 135 cm³/mol. The Morgan fingerprint density at radius 1 is 1.10 bits per heavy atom. The number of rotatable bonds is 13. The van der Waals surface area contributed by atoms with Gasteiger partial charge in [-0.25, -0.2) is 4.99 Å². The number of hydrogen-bond acceptors (Lipinski definition) is 5. The molecule has 1 heterocycles. The van der Waals surface area contributed by atoms with Crippen LogP contribution in [-0.2, 0) is 23.1 Å². The van der Waals surface area contributed by atoms with Crippen molar-refractivity contribution in [2.45, 2.75) is 46.3 Å². The van der Waals surface area contributed by atoms with Crippen molar-refractivity contribution in [3.05, 3.63) is 47.5 Å². The highest BCUT2D eigenvalue weighted by Gasteiger charge is 2.06. The molecule has 1 aromatic heterocycles. The maximum Gasteiger partial charge on any atom is 0.191 e. The molecule has 2 N–H and O–H groups in total. The summed E-state index contributed by atoms with van der Waals surface area (Å²) in [5.41, 5.74) is 1.20. The fourth-order valence-electron chi connectivity index (χ4n) is 2.80. The Bertz CT molecular complexity index is 754. The van der Waals surface area contributed by atoms with Gasteiger partial charge in [0.1, 0.15) is 12.4 Å². The second kappa shape index (κ2) is 16.0. The van der Waals surface area contributed by atoms with E-state index in [-0.39, 0.29) is 30.1 Å². The molecule has 0 fully saturated rings. The first-order chi connectivity index (χ1) is 14.6. The molecule has 0 spiro atoms. The fourth-order valence-corrected chi connectivity index (χ4v) is 2.80. The summed E-state index contributed by atoms with van der Waals surface area (Å²) in [6.45, 7) is 10.2. The second-order valence-corrected chi connectivity index (χ2v) is 7.07. The smallest absolute Gasteiger partial charge is 0.191 e. The number of aliphatic imine (C=N–C) groups is 1. The number of hydrogen-bond donors (Lipinski definition) is 2. The number of benzene rings is 1. The lowest BCUT2D eigenvalue weighted by Crippen LogP contribution is -2.39. The van der Waals surface area contributed by atoms with E-state index in [1.54, 1.807) is 0 Å². The van der Waals surface area contributed by atoms with Crippen LogP contribution in [0.5, 0.6) is 0 Å². The molecular formula is C22H37IN6O2. The van der Waals surface area contributed by atoms with Gasteiger partial charge in [-0.1, -0.05) is 30.3 Å². The SMILES string of the molecule is CCOCCCNC(=NCc1nnc(C)n1C)NCCCOC(C)c1ccccc1.I. The minimum Gasteiger partial charge on any atom is -0.382 e. The van der Waals surface area contributed by atoms with E-state index >= 15 is 0 Å². The van der Waals surface area contributed by atoms with Crippen LogP contribution in [0.1, 0.15) is 50.0 Å². The minimum absolute atomic E-state index is 0. The van der Waals surface area contributed by atoms with Gasteiger partial charge in [-0.3, -0.25) is 0 Å². The monoisotopic (exact) mass is 544 g/mol. The van der Waals surface area contributed by atoms with Crippen molar-refractivity contribution < 1.29 is 9.47 Å². The Balaban J connectivity index is 0.00000480. The first-order valence-corrected chi connectivity index (χ1v) is 10.7. The number of ether oxygens (including phenoxy) is 2. The molecule has 2 aromatic rings. The summed E-state index contributed by atoms with van der Waals surface area (Å²) in [5.74, 6) is 2.48. The van der Waals surface area contributed by atoms with E-state index in [1.165, 1.54) is 5.56 Å². The van der Waals surface area contributed by atoms with Crippen molar-refractivity contribution in [2.24, 2.45) is 12.0 Å². The van der Waals surface area contributed by atoms with Crippen LogP contribution in [0.3, 0.4) is 0 Å². The molecule has 0 saturated heterocycles. The standard InChI is InChI=1S/C22H36N6O2.HI/c1-5-29-15-9-13-23-22(25-17-21-27-26-19(3)28(21)4)24-14-10-16-30-18(2)20-11-7-6-8-12-20;/h6-8,11-12,18H,5,9-10,13-17H2,1-4H3,(H2,23,24,25);1H. The summed E-state index contributed by atoms with van der Waals surface area (Å²) in [6, 6.07) is 10.3. The quantitative estimate of drug-likeness (QED) is 0.174. The largest absolute Gasteiger partial charge is 0.382 e. The number of guanidine groups is 1. The number of aryl methyl sites for hydroxylation is 1. The van der Waals surface area contributed by atoms with Crippen LogP contribution in [0.4, 0.5) is 0 Å². The lowest BCUT2D eigenvalue weighted by Gasteiger charge is -2.15. The molecule has 1 atom stereocenters. The fraction of sp³-hybridized carbons (Fsp3) is 0.591. The zero-order valence-corrected chi connectivity index (χ0v) is 21.5. The molecule has 1 unspecified atom stereocenters. The zero-order valence-electron chi connectivity index (χ0n) is 19.1. The maximum absolute atomic E-state index is 5.94. The van der Waals surface area contributed by atoms with Gasteiger partial charge in [-0.15, -0.1) is 34.2 Å². The molecule has 0 aliphatic rings. The predicted octanol–water partition coefficient (Wildman–Crippen LogP) is 3.37. The van der Waals surface area contributed by atoms with E-state index < -0.39 is 0 Å². The number of nitrogens with zero attached hydrogens (tertiary/aromatic N) is 4. The van der Waals surface area contributed by atoms with Gasteiger partial charge in [-0.2, -0.15) is 0 Å². The van der Waals surface area contributed by atoms with Gasteiger partial charge in [0.2, 0.25) is 0 Å². The van der Waals surface area contributed by atoms with Crippen LogP contribution in [-0.4, -0.2) is 53.6 Å². The highest BCUT2D eigenvalue weighted by molar-refractivity contribution is 14.0. The topological polar surface area (TPSA) is 85.6 Å². The maximum atomic E-state index is 5.94. The third kappa shape index (κ3) is 10.4. The molecule has 2 rings (SSSR count). The third-order valence-corrected chi connectivity index (χ3v) is 4.77. The zero-order chi connectivity index (χ0) is 21.6. The van der Waals surface area contributed by atoms with Crippen LogP contribution in [0, 0.1) is 6.92 Å². The number of halogens is 1. The van der Waals surface area contributed by atoms with Crippen LogP contribution in [0.25, 0.3) is 0 Å². The first-order valence-electron chi connectivity index (χ1n) is 10.7. The van der Waals surface area contributed by atoms with Crippen molar-refractivity contribution in [2.75, 3.05) is 32.9 Å². The van der Waals surface area contributed by atoms with E-state index in [0.717, 1.165) is 56.8 Å². The van der Waals surface area contributed by atoms with Crippen LogP contribution in [0.2, 0.25) is 0 Å². The van der Waals surface area contributed by atoms with Crippen molar-refractivity contribution >= 4 is 29.9 Å². The van der Waals surface area contributed by atoms with Crippen molar-refractivity contribution in [1.29, 1.82) is 0 Å². The van der Waals surface area contributed by atoms with Gasteiger partial charge in [0.25, 0.3) is 0 Å².